The van der Waals surface area contributed by atoms with Gasteiger partial charge >= 0.3 is 5.97 Å². The van der Waals surface area contributed by atoms with E-state index in [1.807, 2.05) is 41.1 Å². The lowest BCUT2D eigenvalue weighted by Gasteiger charge is -2.25. The summed E-state index contributed by atoms with van der Waals surface area (Å²) in [5.74, 6) is -0.552. The van der Waals surface area contributed by atoms with Gasteiger partial charge in [-0.3, -0.25) is 9.79 Å². The van der Waals surface area contributed by atoms with Gasteiger partial charge in [0.2, 0.25) is 0 Å². The van der Waals surface area contributed by atoms with E-state index >= 15 is 0 Å². The van der Waals surface area contributed by atoms with Crippen LogP contribution in [0.4, 0.5) is 0 Å². The first-order chi connectivity index (χ1) is 52.3. The monoisotopic (exact) mass is 1710 g/mol. The maximum absolute atomic E-state index is 11.4. The van der Waals surface area contributed by atoms with E-state index in [1.165, 1.54) is 47.1 Å². The zero-order chi connectivity index (χ0) is 77.0. The number of carbonyl (C=O) groups excluding carboxylic acids is 2. The van der Waals surface area contributed by atoms with Gasteiger partial charge < -0.3 is 24.1 Å². The van der Waals surface area contributed by atoms with E-state index < -0.39 is 5.97 Å². The Labute approximate surface area is 667 Å². The molecule has 13 heterocycles. The highest BCUT2D eigenvalue weighted by Gasteiger charge is 2.29. The zero-order valence-electron chi connectivity index (χ0n) is 63.4. The second-order valence-electron chi connectivity index (χ2n) is 26.3. The van der Waals surface area contributed by atoms with E-state index in [4.69, 9.17) is 39.5 Å². The van der Waals surface area contributed by atoms with Gasteiger partial charge in [0.25, 0.3) is 0 Å². The van der Waals surface area contributed by atoms with Gasteiger partial charge in [-0.05, 0) is 277 Å². The Bertz CT molecular complexity index is 4670. The Morgan fingerprint density at radius 1 is 0.463 bits per heavy atom. The van der Waals surface area contributed by atoms with Crippen molar-refractivity contribution in [3.05, 3.63) is 214 Å². The Balaban J connectivity index is 0.000000165. The van der Waals surface area contributed by atoms with E-state index in [-0.39, 0.29) is 30.2 Å². The van der Waals surface area contributed by atoms with E-state index in [9.17, 15) is 14.7 Å². The molecule has 0 aliphatic carbocycles. The van der Waals surface area contributed by atoms with Crippen LogP contribution in [0.3, 0.4) is 0 Å². The molecule has 566 valence electrons. The fourth-order valence-corrected chi connectivity index (χ4v) is 14.8. The van der Waals surface area contributed by atoms with Gasteiger partial charge in [0.05, 0.1) is 82.0 Å². The highest BCUT2D eigenvalue weighted by molar-refractivity contribution is 9.11. The summed E-state index contributed by atoms with van der Waals surface area (Å²) in [6.07, 6.45) is 13.7. The summed E-state index contributed by atoms with van der Waals surface area (Å²) in [4.78, 5) is 54.3. The smallest absolute Gasteiger partial charge is 0.356 e. The summed E-state index contributed by atoms with van der Waals surface area (Å²) in [5.41, 5.74) is 22.6. The minimum atomic E-state index is -0.425. The number of pyridine rings is 6. The van der Waals surface area contributed by atoms with Crippen LogP contribution in [-0.2, 0) is 43.0 Å². The molecule has 3 fully saturated rings. The number of aliphatic hydroxyl groups excluding tert-OH is 1. The van der Waals surface area contributed by atoms with E-state index in [0.29, 0.717) is 32.6 Å². The van der Waals surface area contributed by atoms with Crippen LogP contribution in [-0.4, -0.2) is 115 Å². The number of carbonyl (C=O) groups is 2. The van der Waals surface area contributed by atoms with Crippen LogP contribution in [0.25, 0.3) is 68.0 Å². The fraction of sp³-hybridized carbons (Fsp3) is 0.381. The zero-order valence-corrected chi connectivity index (χ0v) is 69.7. The van der Waals surface area contributed by atoms with Crippen molar-refractivity contribution in [1.82, 2.24) is 59.2 Å². The third-order valence-corrected chi connectivity index (χ3v) is 21.0. The van der Waals surface area contributed by atoms with Gasteiger partial charge in [-0.15, -0.1) is 0 Å². The van der Waals surface area contributed by atoms with Crippen LogP contribution in [0, 0.1) is 20.8 Å². The number of ketones is 1. The fourth-order valence-electron chi connectivity index (χ4n) is 13.5. The molecule has 0 spiro atoms. The number of benzene rings is 1. The molecule has 14 rings (SSSR count). The molecule has 3 unspecified atom stereocenters. The van der Waals surface area contributed by atoms with Gasteiger partial charge in [-0.2, -0.15) is 15.3 Å². The number of rotatable bonds is 17. The van der Waals surface area contributed by atoms with Crippen molar-refractivity contribution in [2.45, 2.75) is 178 Å². The van der Waals surface area contributed by atoms with Crippen LogP contribution >= 0.6 is 63.7 Å². The van der Waals surface area contributed by atoms with Crippen molar-refractivity contribution in [1.29, 1.82) is 0 Å². The summed E-state index contributed by atoms with van der Waals surface area (Å²) in [7, 11) is 1.32. The molecule has 3 atom stereocenters. The predicted octanol–water partition coefficient (Wildman–Crippen LogP) is 21.2. The standard InChI is InChI=1S/C38H44N6O2.C16H20BrN3O.C12H13BrN2.C11H12BrNO2.C7H6BrNO2/c1-5-29-25(3)37(43(41-29)35-21-9-11-23-45-35)33-19-13-17-31(39-33)27-15-7-8-16-28(27)32-18-14-20-34(40-32)38-26(4)30(6-2)42-44(38)36-22-10-12-24-46-36;1-3-12-11(2)16(13-7-6-8-14(17)18-13)20(19-12)15-9-4-5-10-21-15;1-3-10-8(2)9(7-14-10)11-5-4-6-12(13)15-11;1-3-9(14)7(2)11(15)8-5-4-6-10(12)13-8;1-11-7(10)5-3-2-4-6(8)9-5/h7-8,13-20,35-36H,5-6,9-12,21-24H2,1-4H3;6-8,15H,3-5,9-10H2,1-2H3;4-6H,3,7H2,1-2H3;4-6,15H,3H2,1-2H3;2-4H,1H3. The number of aryl methyl sites for hydroxylation is 3. The van der Waals surface area contributed by atoms with Gasteiger partial charge in [-0.1, -0.05) is 95.3 Å². The molecular formula is C84H95Br4N13O7. The van der Waals surface area contributed by atoms with Crippen molar-refractivity contribution >= 4 is 92.5 Å². The molecule has 108 heavy (non-hydrogen) atoms. The molecular weight excluding hydrogens is 1620 g/mol. The first-order valence-electron chi connectivity index (χ1n) is 37.2. The molecule has 0 saturated carbocycles. The number of aliphatic hydroxyl groups is 1. The molecule has 1 aromatic carbocycles. The first kappa shape index (κ1) is 82.1. The topological polar surface area (TPSA) is 234 Å². The Kier molecular flexibility index (Phi) is 30.3. The average molecular weight is 1720 g/mol. The van der Waals surface area contributed by atoms with Crippen molar-refractivity contribution in [2.24, 2.45) is 4.99 Å². The van der Waals surface area contributed by atoms with Gasteiger partial charge in [-0.25, -0.2) is 48.7 Å². The Hall–Kier alpha value is -8.36. The maximum Gasteiger partial charge on any atom is 0.356 e. The van der Waals surface area contributed by atoms with Crippen molar-refractivity contribution in [3.8, 4) is 56.7 Å². The SMILES string of the molecule is CCC(=O)C(C)=C(O)c1cccc(Br)n1.CCC1=NCC(c2cccc(Br)n2)=C1C.CCc1nn(C2CCCCO2)c(-c2cccc(-c3ccccc3-c3cccc(-c4c(C)c(CC)nn4C4CCCCO4)n3)n2)c1C.CCc1nn(C2CCCCO2)c(-c2cccc(Br)n2)c1C.COC(=O)c1cccc(Br)n1. The number of hydrogen-bond acceptors (Lipinski definition) is 17. The van der Waals surface area contributed by atoms with Gasteiger partial charge in [0.1, 0.15) is 35.6 Å². The minimum absolute atomic E-state index is 0.0357. The number of nitrogens with zero attached hydrogens (tertiary/aromatic N) is 13. The van der Waals surface area contributed by atoms with Crippen LogP contribution in [0.15, 0.2) is 168 Å². The van der Waals surface area contributed by atoms with Gasteiger partial charge in [0, 0.05) is 54.2 Å². The summed E-state index contributed by atoms with van der Waals surface area (Å²) in [5, 5.41) is 24.6. The molecule has 10 aromatic rings. The first-order valence-corrected chi connectivity index (χ1v) is 40.4. The highest BCUT2D eigenvalue weighted by Crippen LogP contribution is 2.39. The Morgan fingerprint density at radius 2 is 0.833 bits per heavy atom. The number of ether oxygens (including phenoxy) is 4. The maximum atomic E-state index is 11.4. The minimum Gasteiger partial charge on any atom is -0.505 e. The summed E-state index contributed by atoms with van der Waals surface area (Å²) in [6.45, 7) is 23.7. The second-order valence-corrected chi connectivity index (χ2v) is 29.6. The molecule has 0 bridgehead atoms. The summed E-state index contributed by atoms with van der Waals surface area (Å²) < 4.78 is 32.0. The number of aliphatic imine (C=N–C) groups is 1. The molecule has 0 amide bonds. The molecule has 20 nitrogen and oxygen atoms in total. The quantitative estimate of drug-likeness (QED) is 0.0386. The molecule has 3 saturated heterocycles. The van der Waals surface area contributed by atoms with Gasteiger partial charge in [0.15, 0.2) is 24.5 Å². The third kappa shape index (κ3) is 20.4. The van der Waals surface area contributed by atoms with E-state index in [1.54, 1.807) is 50.2 Å². The highest BCUT2D eigenvalue weighted by atomic mass is 79.9. The Morgan fingerprint density at radius 3 is 1.20 bits per heavy atom. The molecule has 1 N–H and O–H groups in total. The number of allylic oxidation sites excluding steroid dienone is 2. The van der Waals surface area contributed by atoms with Crippen LogP contribution < -0.4 is 0 Å². The average Bonchev–Trinajstić information content (AvgIpc) is 1.58. The largest absolute Gasteiger partial charge is 0.505 e. The number of halogens is 4. The molecule has 4 aliphatic rings. The number of methoxy groups -OCH3 is 1. The lowest BCUT2D eigenvalue weighted by molar-refractivity contribution is -0.115. The molecule has 0 radical (unpaired) electrons. The summed E-state index contributed by atoms with van der Waals surface area (Å²) >= 11 is 13.2. The second kappa shape index (κ2) is 39.8. The number of aromatic nitrogens is 12. The predicted molar refractivity (Wildman–Crippen MR) is 440 cm³/mol. The van der Waals surface area contributed by atoms with Crippen LogP contribution in [0.5, 0.6) is 0 Å². The molecule has 9 aromatic heterocycles. The van der Waals surface area contributed by atoms with Crippen molar-refractivity contribution in [3.63, 3.8) is 0 Å². The van der Waals surface area contributed by atoms with Crippen LogP contribution in [0.2, 0.25) is 0 Å². The number of hydrogen-bond donors (Lipinski definition) is 1. The van der Waals surface area contributed by atoms with E-state index in [2.05, 4.69) is 219 Å². The van der Waals surface area contributed by atoms with E-state index in [0.717, 1.165) is 192 Å². The summed E-state index contributed by atoms with van der Waals surface area (Å²) in [6, 6.07) is 43.2. The van der Waals surface area contributed by atoms with Crippen molar-refractivity contribution in [2.75, 3.05) is 33.5 Å². The van der Waals surface area contributed by atoms with Crippen LogP contribution in [0.1, 0.15) is 193 Å². The number of esters is 1. The molecule has 4 aliphatic heterocycles. The lowest BCUT2D eigenvalue weighted by Crippen LogP contribution is -2.20. The normalized spacial score (nSPS) is 16.4. The lowest BCUT2D eigenvalue weighted by atomic mass is 9.99. The number of Topliss-reactive ketones (excluding diaryl/α,β-unsaturated/α-hetero) is 1. The third-order valence-electron chi connectivity index (χ3n) is 19.3. The van der Waals surface area contributed by atoms with Crippen molar-refractivity contribution < 1.29 is 33.6 Å². The molecule has 24 heteroatoms.